The van der Waals surface area contributed by atoms with Crippen molar-refractivity contribution in [2.75, 3.05) is 30.9 Å². The fraction of sp³-hybridized carbons (Fsp3) is 0.568. The number of urea groups is 1. The number of fused-ring (bicyclic) bond motifs is 3. The average molecular weight is 697 g/mol. The summed E-state index contributed by atoms with van der Waals surface area (Å²) in [6.07, 6.45) is 11.4. The lowest BCUT2D eigenvalue weighted by atomic mass is 9.70. The van der Waals surface area contributed by atoms with Gasteiger partial charge in [0.25, 0.3) is 5.91 Å². The van der Waals surface area contributed by atoms with Crippen LogP contribution >= 0.6 is 11.6 Å². The highest BCUT2D eigenvalue weighted by Gasteiger charge is 2.38. The number of ether oxygens (including phenoxy) is 2. The van der Waals surface area contributed by atoms with Gasteiger partial charge in [-0.15, -0.1) is 4.36 Å². The highest BCUT2D eigenvalue weighted by Crippen LogP contribution is 2.42. The Balaban J connectivity index is 1.41. The second kappa shape index (κ2) is 15.2. The molecule has 2 aliphatic carbocycles. The molecule has 3 amide bonds. The number of allylic oxidation sites excluding steroid dienone is 1. The van der Waals surface area contributed by atoms with Gasteiger partial charge < -0.3 is 19.7 Å². The molecule has 4 aliphatic rings. The van der Waals surface area contributed by atoms with Crippen LogP contribution in [0.25, 0.3) is 0 Å². The Morgan fingerprint density at radius 1 is 1.08 bits per heavy atom. The van der Waals surface area contributed by atoms with Crippen LogP contribution in [0.1, 0.15) is 80.3 Å². The largest absolute Gasteiger partial charge is 0.491 e. The summed E-state index contributed by atoms with van der Waals surface area (Å²) in [5, 5.41) is 3.63. The van der Waals surface area contributed by atoms with Crippen molar-refractivity contribution in [1.29, 1.82) is 0 Å². The quantitative estimate of drug-likeness (QED) is 0.326. The minimum absolute atomic E-state index is 0.0323. The number of methoxy groups -OCH3 is 1. The summed E-state index contributed by atoms with van der Waals surface area (Å²) in [7, 11) is -1.69. The molecule has 9 nitrogen and oxygen atoms in total. The van der Waals surface area contributed by atoms with Gasteiger partial charge in [-0.1, -0.05) is 43.7 Å². The summed E-state index contributed by atoms with van der Waals surface area (Å²) in [6, 6.07) is 10.9. The number of rotatable bonds is 3. The van der Waals surface area contributed by atoms with Gasteiger partial charge in [-0.25, -0.2) is 9.00 Å². The number of nitrogens with zero attached hydrogens (tertiary/aromatic N) is 2. The van der Waals surface area contributed by atoms with Gasteiger partial charge in [0.2, 0.25) is 0 Å². The predicted octanol–water partition coefficient (Wildman–Crippen LogP) is 7.32. The Bertz CT molecular complexity index is 1650. The summed E-state index contributed by atoms with van der Waals surface area (Å²) in [5.41, 5.74) is 3.51. The van der Waals surface area contributed by atoms with E-state index >= 15 is 0 Å². The van der Waals surface area contributed by atoms with Crippen LogP contribution in [0, 0.1) is 23.7 Å². The van der Waals surface area contributed by atoms with E-state index in [0.29, 0.717) is 48.6 Å². The second-order valence-electron chi connectivity index (χ2n) is 14.3. The number of benzene rings is 2. The molecule has 2 fully saturated rings. The van der Waals surface area contributed by atoms with Gasteiger partial charge in [0.05, 0.1) is 24.2 Å². The number of aryl methyl sites for hydroxylation is 1. The molecule has 2 bridgehead atoms. The van der Waals surface area contributed by atoms with Crippen LogP contribution in [0.5, 0.6) is 5.75 Å². The maximum atomic E-state index is 14.4. The number of carbonyl (C=O) groups is 2. The molecule has 0 spiro atoms. The van der Waals surface area contributed by atoms with Crippen molar-refractivity contribution in [2.24, 2.45) is 28.0 Å². The third-order valence-electron chi connectivity index (χ3n) is 10.4. The maximum Gasteiger partial charge on any atom is 0.327 e. The van der Waals surface area contributed by atoms with Crippen molar-refractivity contribution in [2.45, 2.75) is 83.9 Å². The van der Waals surface area contributed by atoms with Crippen LogP contribution in [-0.2, 0) is 27.6 Å². The highest BCUT2D eigenvalue weighted by molar-refractivity contribution is 7.92. The summed E-state index contributed by atoms with van der Waals surface area (Å²) >= 11 is 6.45. The Morgan fingerprint density at radius 3 is 2.67 bits per heavy atom. The number of anilines is 1. The molecule has 48 heavy (non-hydrogen) atoms. The SMILES string of the molecule is CO[C@H]1/C=C/C[C@H](C)CS(=O)(NC(=O)NC2CC(C)C2)=NC(=O)c2ccc3c(c2)N(Cc2ccc(Cl)cc2CCCCO3)C[C@@H]2CC[C@H]21. The molecule has 2 aromatic carbocycles. The summed E-state index contributed by atoms with van der Waals surface area (Å²) in [6.45, 7) is 6.01. The molecule has 0 aromatic heterocycles. The number of halogens is 1. The minimum Gasteiger partial charge on any atom is -0.491 e. The number of amides is 3. The Morgan fingerprint density at radius 2 is 1.92 bits per heavy atom. The molecule has 11 heteroatoms. The smallest absolute Gasteiger partial charge is 0.327 e. The van der Waals surface area contributed by atoms with Gasteiger partial charge in [-0.05, 0) is 116 Å². The van der Waals surface area contributed by atoms with Crippen molar-refractivity contribution in [3.8, 4) is 5.75 Å². The third kappa shape index (κ3) is 8.37. The lowest BCUT2D eigenvalue weighted by molar-refractivity contribution is 0.0133. The predicted molar refractivity (Wildman–Crippen MR) is 191 cm³/mol. The average Bonchev–Trinajstić information content (AvgIpc) is 3.04. The van der Waals surface area contributed by atoms with Gasteiger partial charge in [-0.3, -0.25) is 9.52 Å². The molecule has 1 unspecified atom stereocenters. The Hall–Kier alpha value is -3.08. The number of nitrogens with one attached hydrogen (secondary N) is 2. The molecule has 260 valence electrons. The van der Waals surface area contributed by atoms with Gasteiger partial charge in [0.1, 0.15) is 15.7 Å². The molecule has 6 rings (SSSR count). The maximum absolute atomic E-state index is 14.4. The molecule has 2 heterocycles. The number of hydrogen-bond donors (Lipinski definition) is 2. The van der Waals surface area contributed by atoms with Crippen LogP contribution in [0.3, 0.4) is 0 Å². The van der Waals surface area contributed by atoms with Crippen LogP contribution in [0.2, 0.25) is 5.02 Å². The van der Waals surface area contributed by atoms with Crippen molar-refractivity contribution >= 4 is 39.1 Å². The fourth-order valence-corrected chi connectivity index (χ4v) is 9.58. The highest BCUT2D eigenvalue weighted by atomic mass is 35.5. The lowest BCUT2D eigenvalue weighted by Crippen LogP contribution is -2.49. The Labute approximate surface area is 290 Å². The monoisotopic (exact) mass is 696 g/mol. The van der Waals surface area contributed by atoms with Gasteiger partial charge in [-0.2, -0.15) is 0 Å². The first-order chi connectivity index (χ1) is 23.1. The van der Waals surface area contributed by atoms with Crippen LogP contribution in [-0.4, -0.2) is 54.3 Å². The molecule has 5 atom stereocenters. The molecule has 2 saturated carbocycles. The van der Waals surface area contributed by atoms with E-state index in [0.717, 1.165) is 62.2 Å². The van der Waals surface area contributed by atoms with Gasteiger partial charge in [0.15, 0.2) is 0 Å². The zero-order valence-corrected chi connectivity index (χ0v) is 29.9. The van der Waals surface area contributed by atoms with E-state index in [1.807, 2.05) is 25.1 Å². The fourth-order valence-electron chi connectivity index (χ4n) is 7.55. The standard InChI is InChI=1S/C37H49ClN4O5S/c1-24-7-6-9-34(46-3)32-14-11-29(32)22-42-21-28-10-13-30(38)19-26(28)8-4-5-16-47-35-15-12-27(20-33(35)42)36(43)40-48(45,23-24)41-37(44)39-31-17-25(2)18-31/h6,9-10,12-13,15,19-20,24-25,29,31-32,34H,4-5,7-8,11,14,16-18,21-23H2,1-3H3,(H2,39,40,41,43,44,45)/b9-6+/t24-,25?,29-,31?,32+,34-,48?/m0/s1. The van der Waals surface area contributed by atoms with Crippen molar-refractivity contribution in [3.05, 3.63) is 70.3 Å². The lowest BCUT2D eigenvalue weighted by Gasteiger charge is -2.43. The minimum atomic E-state index is -3.45. The summed E-state index contributed by atoms with van der Waals surface area (Å²) in [4.78, 5) is 29.2. The summed E-state index contributed by atoms with van der Waals surface area (Å²) < 4.78 is 33.6. The molecule has 2 N–H and O–H groups in total. The number of carbonyl (C=O) groups excluding carboxylic acids is 2. The first kappa shape index (κ1) is 34.8. The van der Waals surface area contributed by atoms with Gasteiger partial charge >= 0.3 is 6.03 Å². The zero-order valence-electron chi connectivity index (χ0n) is 28.3. The van der Waals surface area contributed by atoms with Crippen LogP contribution in [0.4, 0.5) is 10.5 Å². The van der Waals surface area contributed by atoms with E-state index in [2.05, 4.69) is 50.5 Å². The molecule has 0 radical (unpaired) electrons. The van der Waals surface area contributed by atoms with E-state index in [-0.39, 0.29) is 23.8 Å². The van der Waals surface area contributed by atoms with E-state index in [9.17, 15) is 13.8 Å². The third-order valence-corrected chi connectivity index (χ3v) is 12.6. The van der Waals surface area contributed by atoms with Crippen LogP contribution in [0.15, 0.2) is 52.9 Å². The van der Waals surface area contributed by atoms with Crippen molar-refractivity contribution < 1.29 is 23.3 Å². The first-order valence-corrected chi connectivity index (χ1v) is 19.5. The summed E-state index contributed by atoms with van der Waals surface area (Å²) in [5.74, 6) is 1.26. The topological polar surface area (TPSA) is 109 Å². The van der Waals surface area contributed by atoms with E-state index in [4.69, 9.17) is 21.1 Å². The molecule has 2 aliphatic heterocycles. The second-order valence-corrected chi connectivity index (χ2v) is 16.7. The zero-order chi connectivity index (χ0) is 33.8. The molecular weight excluding hydrogens is 648 g/mol. The van der Waals surface area contributed by atoms with Crippen molar-refractivity contribution in [1.82, 2.24) is 10.0 Å². The van der Waals surface area contributed by atoms with Crippen LogP contribution < -0.4 is 19.7 Å². The molecule has 2 aromatic rings. The van der Waals surface area contributed by atoms with E-state index < -0.39 is 21.9 Å². The van der Waals surface area contributed by atoms with E-state index in [1.165, 1.54) is 11.1 Å². The normalized spacial score (nSPS) is 31.6. The van der Waals surface area contributed by atoms with E-state index in [1.54, 1.807) is 13.2 Å². The van der Waals surface area contributed by atoms with Crippen molar-refractivity contribution in [3.63, 3.8) is 0 Å². The molecule has 0 saturated heterocycles. The first-order valence-electron chi connectivity index (χ1n) is 17.4. The number of hydrogen-bond acceptors (Lipinski definition) is 6. The van der Waals surface area contributed by atoms with Gasteiger partial charge in [0, 0.05) is 36.8 Å². The Kier molecular flexibility index (Phi) is 11.0. The molecular formula is C37H49ClN4O5S.